The fraction of sp³-hybridized carbons (Fsp3) is 0.188. The lowest BCUT2D eigenvalue weighted by Gasteiger charge is -2.13. The molecule has 0 bridgehead atoms. The van der Waals surface area contributed by atoms with Crippen LogP contribution in [0.3, 0.4) is 0 Å². The van der Waals surface area contributed by atoms with E-state index in [9.17, 15) is 5.26 Å². The Morgan fingerprint density at radius 1 is 1.20 bits per heavy atom. The zero-order valence-corrected chi connectivity index (χ0v) is 12.5. The van der Waals surface area contributed by atoms with Crippen LogP contribution in [-0.4, -0.2) is 13.4 Å². The second-order valence-corrected chi connectivity index (χ2v) is 5.15. The lowest BCUT2D eigenvalue weighted by atomic mass is 10.1. The number of thioether (sulfide) groups is 1. The van der Waals surface area contributed by atoms with E-state index in [1.165, 1.54) is 0 Å². The molecule has 0 aliphatic heterocycles. The van der Waals surface area contributed by atoms with Crippen LogP contribution in [0.4, 0.5) is 11.4 Å². The quantitative estimate of drug-likeness (QED) is 0.848. The molecule has 0 spiro atoms. The minimum absolute atomic E-state index is 0.676. The van der Waals surface area contributed by atoms with Gasteiger partial charge in [0.15, 0.2) is 0 Å². The minimum Gasteiger partial charge on any atom is -0.497 e. The SMILES string of the molecule is COc1ccc(Nc2cccc(SC)c2C#N)c(C)c1. The molecular formula is C16H16N2OS. The van der Waals surface area contributed by atoms with Gasteiger partial charge in [-0.05, 0) is 49.1 Å². The zero-order valence-electron chi connectivity index (χ0n) is 11.7. The third-order valence-electron chi connectivity index (χ3n) is 3.06. The average Bonchev–Trinajstić information content (AvgIpc) is 2.48. The van der Waals surface area contributed by atoms with Gasteiger partial charge in [0.05, 0.1) is 18.4 Å². The molecule has 0 amide bonds. The fourth-order valence-corrected chi connectivity index (χ4v) is 2.54. The summed E-state index contributed by atoms with van der Waals surface area (Å²) >= 11 is 1.57. The standard InChI is InChI=1S/C16H16N2OS/c1-11-9-12(19-2)7-8-14(11)18-15-5-4-6-16(20-3)13(15)10-17/h4-9,18H,1-3H3. The van der Waals surface area contributed by atoms with E-state index in [-0.39, 0.29) is 0 Å². The van der Waals surface area contributed by atoms with E-state index in [1.807, 2.05) is 49.6 Å². The molecule has 0 saturated carbocycles. The molecule has 1 N–H and O–H groups in total. The Kier molecular flexibility index (Phi) is 4.54. The first-order valence-corrected chi connectivity index (χ1v) is 7.41. The molecule has 0 aliphatic carbocycles. The summed E-state index contributed by atoms with van der Waals surface area (Å²) in [5.41, 5.74) is 3.55. The Labute approximate surface area is 123 Å². The first-order valence-electron chi connectivity index (χ1n) is 6.18. The van der Waals surface area contributed by atoms with Gasteiger partial charge >= 0.3 is 0 Å². The number of benzene rings is 2. The second-order valence-electron chi connectivity index (χ2n) is 4.30. The van der Waals surface area contributed by atoms with Gasteiger partial charge in [-0.15, -0.1) is 11.8 Å². The van der Waals surface area contributed by atoms with Crippen LogP contribution in [0.5, 0.6) is 5.75 Å². The van der Waals surface area contributed by atoms with Crippen molar-refractivity contribution in [3.05, 3.63) is 47.5 Å². The molecule has 2 rings (SSSR count). The highest BCUT2D eigenvalue weighted by atomic mass is 32.2. The molecule has 3 nitrogen and oxygen atoms in total. The molecule has 0 aliphatic rings. The third kappa shape index (κ3) is 2.89. The van der Waals surface area contributed by atoms with Crippen LogP contribution < -0.4 is 10.1 Å². The lowest BCUT2D eigenvalue weighted by Crippen LogP contribution is -1.97. The van der Waals surface area contributed by atoms with Crippen LogP contribution in [0, 0.1) is 18.3 Å². The molecule has 102 valence electrons. The largest absolute Gasteiger partial charge is 0.497 e. The van der Waals surface area contributed by atoms with Gasteiger partial charge in [-0.2, -0.15) is 5.26 Å². The van der Waals surface area contributed by atoms with E-state index in [4.69, 9.17) is 4.74 Å². The van der Waals surface area contributed by atoms with Gasteiger partial charge < -0.3 is 10.1 Å². The van der Waals surface area contributed by atoms with E-state index in [1.54, 1.807) is 18.9 Å². The molecule has 0 radical (unpaired) electrons. The van der Waals surface area contributed by atoms with E-state index >= 15 is 0 Å². The summed E-state index contributed by atoms with van der Waals surface area (Å²) in [5, 5.41) is 12.7. The van der Waals surface area contributed by atoms with E-state index in [2.05, 4.69) is 11.4 Å². The van der Waals surface area contributed by atoms with E-state index in [0.717, 1.165) is 27.6 Å². The smallest absolute Gasteiger partial charge is 0.119 e. The van der Waals surface area contributed by atoms with Crippen molar-refractivity contribution in [2.24, 2.45) is 0 Å². The number of aryl methyl sites for hydroxylation is 1. The van der Waals surface area contributed by atoms with Crippen molar-refractivity contribution >= 4 is 23.1 Å². The maximum atomic E-state index is 9.34. The second kappa shape index (κ2) is 6.36. The molecule has 2 aromatic rings. The highest BCUT2D eigenvalue weighted by molar-refractivity contribution is 7.98. The van der Waals surface area contributed by atoms with Crippen molar-refractivity contribution in [2.45, 2.75) is 11.8 Å². The Morgan fingerprint density at radius 3 is 2.60 bits per heavy atom. The Morgan fingerprint density at radius 2 is 2.00 bits per heavy atom. The van der Waals surface area contributed by atoms with Gasteiger partial charge in [0, 0.05) is 10.6 Å². The van der Waals surface area contributed by atoms with Crippen LogP contribution in [0.15, 0.2) is 41.3 Å². The summed E-state index contributed by atoms with van der Waals surface area (Å²) in [6.07, 6.45) is 1.97. The van der Waals surface area contributed by atoms with Gasteiger partial charge in [0.2, 0.25) is 0 Å². The van der Waals surface area contributed by atoms with Crippen LogP contribution in [0.1, 0.15) is 11.1 Å². The number of nitriles is 1. The Balaban J connectivity index is 2.38. The highest BCUT2D eigenvalue weighted by Gasteiger charge is 2.08. The summed E-state index contributed by atoms with van der Waals surface area (Å²) in [4.78, 5) is 0.976. The summed E-state index contributed by atoms with van der Waals surface area (Å²) in [6.45, 7) is 2.01. The van der Waals surface area contributed by atoms with E-state index in [0.29, 0.717) is 5.56 Å². The average molecular weight is 284 g/mol. The van der Waals surface area contributed by atoms with Gasteiger partial charge in [-0.1, -0.05) is 6.07 Å². The fourth-order valence-electron chi connectivity index (χ4n) is 1.97. The first kappa shape index (κ1) is 14.3. The van der Waals surface area contributed by atoms with E-state index < -0.39 is 0 Å². The number of hydrogen-bond acceptors (Lipinski definition) is 4. The number of rotatable bonds is 4. The molecular weight excluding hydrogens is 268 g/mol. The lowest BCUT2D eigenvalue weighted by molar-refractivity contribution is 0.414. The number of nitrogens with zero attached hydrogens (tertiary/aromatic N) is 1. The number of nitrogens with one attached hydrogen (secondary N) is 1. The molecule has 0 atom stereocenters. The zero-order chi connectivity index (χ0) is 14.5. The minimum atomic E-state index is 0.676. The van der Waals surface area contributed by atoms with Crippen molar-refractivity contribution < 1.29 is 4.74 Å². The van der Waals surface area contributed by atoms with Gasteiger partial charge in [-0.25, -0.2) is 0 Å². The molecule has 20 heavy (non-hydrogen) atoms. The number of ether oxygens (including phenoxy) is 1. The first-order chi connectivity index (χ1) is 9.69. The predicted molar refractivity (Wildman–Crippen MR) is 84.0 cm³/mol. The van der Waals surface area contributed by atoms with Crippen LogP contribution in [0.2, 0.25) is 0 Å². The topological polar surface area (TPSA) is 45.0 Å². The van der Waals surface area contributed by atoms with Crippen molar-refractivity contribution in [3.8, 4) is 11.8 Å². The van der Waals surface area contributed by atoms with Crippen LogP contribution in [0.25, 0.3) is 0 Å². The summed E-state index contributed by atoms with van der Waals surface area (Å²) in [6, 6.07) is 13.9. The molecule has 0 saturated heterocycles. The number of hydrogen-bond donors (Lipinski definition) is 1. The van der Waals surface area contributed by atoms with Gasteiger partial charge in [0.25, 0.3) is 0 Å². The van der Waals surface area contributed by atoms with Crippen molar-refractivity contribution in [1.82, 2.24) is 0 Å². The van der Waals surface area contributed by atoms with Crippen molar-refractivity contribution in [2.75, 3.05) is 18.7 Å². The highest BCUT2D eigenvalue weighted by Crippen LogP contribution is 2.30. The third-order valence-corrected chi connectivity index (χ3v) is 3.84. The summed E-state index contributed by atoms with van der Waals surface area (Å²) in [5.74, 6) is 0.825. The molecule has 0 fully saturated rings. The molecule has 0 unspecified atom stereocenters. The molecule has 0 aromatic heterocycles. The predicted octanol–water partition coefficient (Wildman–Crippen LogP) is 4.34. The van der Waals surface area contributed by atoms with Crippen LogP contribution in [-0.2, 0) is 0 Å². The maximum Gasteiger partial charge on any atom is 0.119 e. The number of methoxy groups -OCH3 is 1. The summed E-state index contributed by atoms with van der Waals surface area (Å²) < 4.78 is 5.20. The van der Waals surface area contributed by atoms with Gasteiger partial charge in [-0.3, -0.25) is 0 Å². The summed E-state index contributed by atoms with van der Waals surface area (Å²) in [7, 11) is 1.65. The maximum absolute atomic E-state index is 9.34. The Bertz CT molecular complexity index is 662. The normalized spacial score (nSPS) is 9.90. The van der Waals surface area contributed by atoms with Gasteiger partial charge in [0.1, 0.15) is 11.8 Å². The monoisotopic (exact) mass is 284 g/mol. The Hall–Kier alpha value is -2.12. The number of anilines is 2. The van der Waals surface area contributed by atoms with Crippen molar-refractivity contribution in [3.63, 3.8) is 0 Å². The molecule has 4 heteroatoms. The molecule has 0 heterocycles. The molecule has 2 aromatic carbocycles. The van der Waals surface area contributed by atoms with Crippen molar-refractivity contribution in [1.29, 1.82) is 5.26 Å². The van der Waals surface area contributed by atoms with Crippen LogP contribution >= 0.6 is 11.8 Å².